The number of rotatable bonds is 5. The number of hydrogen-bond donors (Lipinski definition) is 2. The summed E-state index contributed by atoms with van der Waals surface area (Å²) in [7, 11) is 0. The van der Waals surface area contributed by atoms with Gasteiger partial charge in [-0.15, -0.1) is 0 Å². The van der Waals surface area contributed by atoms with E-state index < -0.39 is 6.10 Å². The van der Waals surface area contributed by atoms with Gasteiger partial charge in [0.1, 0.15) is 17.7 Å². The standard InChI is InChI=1S/C14H16N4O2/c1-2-10-8-14(18-13(17-10)5-6-16-18)15-9-11(19)12-4-3-7-20-12/h3-8,11,15,19H,2,9H2,1H3/t11-/m1/s1. The van der Waals surface area contributed by atoms with Gasteiger partial charge in [0, 0.05) is 24.4 Å². The van der Waals surface area contributed by atoms with E-state index in [1.165, 1.54) is 0 Å². The minimum atomic E-state index is -0.700. The Labute approximate surface area is 116 Å². The van der Waals surface area contributed by atoms with Crippen molar-refractivity contribution in [2.75, 3.05) is 11.9 Å². The molecule has 0 saturated heterocycles. The van der Waals surface area contributed by atoms with Crippen LogP contribution in [0, 0.1) is 0 Å². The van der Waals surface area contributed by atoms with Gasteiger partial charge in [-0.25, -0.2) is 4.98 Å². The highest BCUT2D eigenvalue weighted by Gasteiger charge is 2.12. The highest BCUT2D eigenvalue weighted by atomic mass is 16.4. The Morgan fingerprint density at radius 2 is 2.35 bits per heavy atom. The van der Waals surface area contributed by atoms with Gasteiger partial charge in [0.15, 0.2) is 5.65 Å². The summed E-state index contributed by atoms with van der Waals surface area (Å²) in [6.45, 7) is 2.40. The maximum Gasteiger partial charge on any atom is 0.157 e. The van der Waals surface area contributed by atoms with Crippen LogP contribution in [0.2, 0.25) is 0 Å². The van der Waals surface area contributed by atoms with Crippen LogP contribution in [0.25, 0.3) is 5.65 Å². The van der Waals surface area contributed by atoms with E-state index in [9.17, 15) is 5.11 Å². The fraction of sp³-hybridized carbons (Fsp3) is 0.286. The first kappa shape index (κ1) is 12.7. The number of aromatic nitrogens is 3. The maximum absolute atomic E-state index is 10.0. The maximum atomic E-state index is 10.0. The molecule has 3 heterocycles. The molecule has 0 amide bonds. The van der Waals surface area contributed by atoms with Crippen LogP contribution in [-0.2, 0) is 6.42 Å². The molecule has 0 aliphatic heterocycles. The van der Waals surface area contributed by atoms with Crippen LogP contribution < -0.4 is 5.32 Å². The number of hydrogen-bond acceptors (Lipinski definition) is 5. The van der Waals surface area contributed by atoms with Crippen LogP contribution in [0.4, 0.5) is 5.82 Å². The third-order valence-corrected chi connectivity index (χ3v) is 3.12. The molecule has 0 unspecified atom stereocenters. The molecule has 3 rings (SSSR count). The molecule has 2 N–H and O–H groups in total. The van der Waals surface area contributed by atoms with Crippen LogP contribution in [-0.4, -0.2) is 26.2 Å². The number of nitrogens with one attached hydrogen (secondary N) is 1. The summed E-state index contributed by atoms with van der Waals surface area (Å²) in [5.41, 5.74) is 1.77. The van der Waals surface area contributed by atoms with Gasteiger partial charge >= 0.3 is 0 Å². The van der Waals surface area contributed by atoms with Gasteiger partial charge in [0.2, 0.25) is 0 Å². The number of nitrogens with zero attached hydrogens (tertiary/aromatic N) is 3. The summed E-state index contributed by atoms with van der Waals surface area (Å²) < 4.78 is 6.89. The van der Waals surface area contributed by atoms with Crippen LogP contribution in [0.1, 0.15) is 24.5 Å². The smallest absolute Gasteiger partial charge is 0.157 e. The first-order chi connectivity index (χ1) is 9.78. The number of aryl methyl sites for hydroxylation is 1. The second-order valence-corrected chi connectivity index (χ2v) is 4.50. The highest BCUT2D eigenvalue weighted by Crippen LogP contribution is 2.16. The predicted molar refractivity (Wildman–Crippen MR) is 74.5 cm³/mol. The first-order valence-corrected chi connectivity index (χ1v) is 6.57. The van der Waals surface area contributed by atoms with Gasteiger partial charge in [-0.3, -0.25) is 0 Å². The zero-order chi connectivity index (χ0) is 13.9. The molecule has 6 heteroatoms. The van der Waals surface area contributed by atoms with Crippen molar-refractivity contribution in [2.24, 2.45) is 0 Å². The predicted octanol–water partition coefficient (Wildman–Crippen LogP) is 2.03. The summed E-state index contributed by atoms with van der Waals surface area (Å²) in [6, 6.07) is 7.30. The molecule has 0 saturated carbocycles. The van der Waals surface area contributed by atoms with Gasteiger partial charge < -0.3 is 14.8 Å². The van der Waals surface area contributed by atoms with E-state index in [0.717, 1.165) is 23.6 Å². The quantitative estimate of drug-likeness (QED) is 0.743. The molecule has 0 aliphatic rings. The fourth-order valence-electron chi connectivity index (χ4n) is 2.05. The summed E-state index contributed by atoms with van der Waals surface area (Å²) in [4.78, 5) is 4.47. The topological polar surface area (TPSA) is 75.6 Å². The van der Waals surface area contributed by atoms with Crippen LogP contribution >= 0.6 is 0 Å². The molecule has 6 nitrogen and oxygen atoms in total. The molecule has 0 bridgehead atoms. The second-order valence-electron chi connectivity index (χ2n) is 4.50. The lowest BCUT2D eigenvalue weighted by molar-refractivity contribution is 0.162. The number of anilines is 1. The van der Waals surface area contributed by atoms with Crippen molar-refractivity contribution in [2.45, 2.75) is 19.4 Å². The summed E-state index contributed by atoms with van der Waals surface area (Å²) in [6.07, 6.45) is 3.40. The van der Waals surface area contributed by atoms with E-state index in [-0.39, 0.29) is 0 Å². The zero-order valence-electron chi connectivity index (χ0n) is 11.2. The van der Waals surface area contributed by atoms with Crippen molar-refractivity contribution < 1.29 is 9.52 Å². The molecular formula is C14H16N4O2. The number of furan rings is 1. The summed E-state index contributed by atoms with van der Waals surface area (Å²) in [5, 5.41) is 17.4. The lowest BCUT2D eigenvalue weighted by Gasteiger charge is -2.12. The van der Waals surface area contributed by atoms with E-state index >= 15 is 0 Å². The van der Waals surface area contributed by atoms with Gasteiger partial charge in [0.05, 0.1) is 12.5 Å². The van der Waals surface area contributed by atoms with Crippen molar-refractivity contribution in [3.63, 3.8) is 0 Å². The van der Waals surface area contributed by atoms with Gasteiger partial charge in [-0.05, 0) is 18.6 Å². The molecular weight excluding hydrogens is 256 g/mol. The largest absolute Gasteiger partial charge is 0.467 e. The third-order valence-electron chi connectivity index (χ3n) is 3.12. The molecule has 0 radical (unpaired) electrons. The minimum absolute atomic E-state index is 0.343. The average Bonchev–Trinajstić information content (AvgIpc) is 3.14. The van der Waals surface area contributed by atoms with Crippen LogP contribution in [0.5, 0.6) is 0 Å². The molecule has 0 aromatic carbocycles. The molecule has 0 spiro atoms. The van der Waals surface area contributed by atoms with Crippen LogP contribution in [0.3, 0.4) is 0 Å². The lowest BCUT2D eigenvalue weighted by atomic mass is 10.2. The van der Waals surface area contributed by atoms with Gasteiger partial charge in [-0.1, -0.05) is 6.92 Å². The minimum Gasteiger partial charge on any atom is -0.467 e. The molecule has 0 fully saturated rings. The highest BCUT2D eigenvalue weighted by molar-refractivity contribution is 5.49. The lowest BCUT2D eigenvalue weighted by Crippen LogP contribution is -2.14. The van der Waals surface area contributed by atoms with E-state index in [1.54, 1.807) is 29.1 Å². The van der Waals surface area contributed by atoms with Crippen molar-refractivity contribution in [3.8, 4) is 0 Å². The van der Waals surface area contributed by atoms with Crippen molar-refractivity contribution >= 4 is 11.5 Å². The monoisotopic (exact) mass is 272 g/mol. The Morgan fingerprint density at radius 3 is 3.10 bits per heavy atom. The second kappa shape index (κ2) is 5.34. The zero-order valence-corrected chi connectivity index (χ0v) is 11.2. The average molecular weight is 272 g/mol. The van der Waals surface area contributed by atoms with Crippen molar-refractivity contribution in [1.82, 2.24) is 14.6 Å². The van der Waals surface area contributed by atoms with E-state index in [4.69, 9.17) is 4.42 Å². The number of aliphatic hydroxyl groups excluding tert-OH is 1. The fourth-order valence-corrected chi connectivity index (χ4v) is 2.05. The Kier molecular flexibility index (Phi) is 3.39. The summed E-state index contributed by atoms with van der Waals surface area (Å²) in [5.74, 6) is 1.35. The number of fused-ring (bicyclic) bond motifs is 1. The van der Waals surface area contributed by atoms with Crippen molar-refractivity contribution in [1.29, 1.82) is 0 Å². The molecule has 20 heavy (non-hydrogen) atoms. The SMILES string of the molecule is CCc1cc(NC[C@@H](O)c2ccco2)n2nccc2n1. The van der Waals surface area contributed by atoms with Crippen LogP contribution in [0.15, 0.2) is 41.1 Å². The third kappa shape index (κ3) is 2.37. The normalized spacial score (nSPS) is 12.7. The molecule has 0 aliphatic carbocycles. The molecule has 104 valence electrons. The van der Waals surface area contributed by atoms with E-state index in [1.807, 2.05) is 12.1 Å². The molecule has 3 aromatic heterocycles. The first-order valence-electron chi connectivity index (χ1n) is 6.57. The van der Waals surface area contributed by atoms with Crippen molar-refractivity contribution in [3.05, 3.63) is 48.2 Å². The van der Waals surface area contributed by atoms with Gasteiger partial charge in [0.25, 0.3) is 0 Å². The Hall–Kier alpha value is -2.34. The van der Waals surface area contributed by atoms with Gasteiger partial charge in [-0.2, -0.15) is 9.61 Å². The Bertz CT molecular complexity index is 690. The Morgan fingerprint density at radius 1 is 1.45 bits per heavy atom. The number of aliphatic hydroxyl groups is 1. The van der Waals surface area contributed by atoms with E-state index in [2.05, 4.69) is 22.3 Å². The van der Waals surface area contributed by atoms with E-state index in [0.29, 0.717) is 12.3 Å². The summed E-state index contributed by atoms with van der Waals surface area (Å²) >= 11 is 0. The Balaban J connectivity index is 1.81. The molecule has 3 aromatic rings. The molecule has 1 atom stereocenters.